The lowest BCUT2D eigenvalue weighted by atomic mass is 9.92. The Hall–Kier alpha value is -2.48. The van der Waals surface area contributed by atoms with Crippen LogP contribution in [0.1, 0.15) is 31.9 Å². The van der Waals surface area contributed by atoms with Gasteiger partial charge in [0.25, 0.3) is 0 Å². The molecule has 28 heavy (non-hydrogen) atoms. The van der Waals surface area contributed by atoms with Gasteiger partial charge in [0, 0.05) is 5.56 Å². The Morgan fingerprint density at radius 2 is 1.82 bits per heavy atom. The van der Waals surface area contributed by atoms with Crippen LogP contribution in [0.15, 0.2) is 65.2 Å². The van der Waals surface area contributed by atoms with Crippen LogP contribution in [0.5, 0.6) is 11.5 Å². The number of carbonyl (C=O) groups is 1. The van der Waals surface area contributed by atoms with Crippen LogP contribution in [0.3, 0.4) is 0 Å². The fourth-order valence-electron chi connectivity index (χ4n) is 2.81. The SMILES string of the molecule is CC[C@H](C(=O)O[C@H](C#N)c1cccc(Oc2ccccc2)c1)[C@@H](C)C=C(Cl)Cl. The van der Waals surface area contributed by atoms with Crippen molar-refractivity contribution in [2.45, 2.75) is 26.4 Å². The average molecular weight is 418 g/mol. The van der Waals surface area contributed by atoms with E-state index in [2.05, 4.69) is 0 Å². The molecule has 0 N–H and O–H groups in total. The summed E-state index contributed by atoms with van der Waals surface area (Å²) < 4.78 is 11.4. The third kappa shape index (κ3) is 6.30. The number of nitriles is 1. The van der Waals surface area contributed by atoms with E-state index in [1.807, 2.05) is 50.2 Å². The Bertz CT molecular complexity index is 858. The van der Waals surface area contributed by atoms with Gasteiger partial charge in [0.2, 0.25) is 6.10 Å². The van der Waals surface area contributed by atoms with E-state index in [1.165, 1.54) is 0 Å². The second kappa shape index (κ2) is 10.8. The van der Waals surface area contributed by atoms with Gasteiger partial charge in [0.15, 0.2) is 0 Å². The first kappa shape index (κ1) is 21.8. The Morgan fingerprint density at radius 3 is 2.43 bits per heavy atom. The first-order chi connectivity index (χ1) is 13.4. The van der Waals surface area contributed by atoms with Crippen molar-refractivity contribution in [3.63, 3.8) is 0 Å². The Kier molecular flexibility index (Phi) is 8.38. The number of carbonyl (C=O) groups excluding carboxylic acids is 1. The van der Waals surface area contributed by atoms with E-state index in [-0.39, 0.29) is 10.4 Å². The lowest BCUT2D eigenvalue weighted by molar-refractivity contribution is -0.153. The summed E-state index contributed by atoms with van der Waals surface area (Å²) in [5.74, 6) is 0.0930. The molecule has 0 saturated carbocycles. The van der Waals surface area contributed by atoms with Crippen LogP contribution in [-0.4, -0.2) is 5.97 Å². The maximum atomic E-state index is 12.6. The second-order valence-electron chi connectivity index (χ2n) is 6.26. The number of hydrogen-bond acceptors (Lipinski definition) is 4. The van der Waals surface area contributed by atoms with Gasteiger partial charge in [-0.2, -0.15) is 5.26 Å². The molecule has 6 heteroatoms. The summed E-state index contributed by atoms with van der Waals surface area (Å²) in [6, 6.07) is 18.3. The lowest BCUT2D eigenvalue weighted by Crippen LogP contribution is -2.24. The minimum absolute atomic E-state index is 0.0985. The number of hydrogen-bond donors (Lipinski definition) is 0. The summed E-state index contributed by atoms with van der Waals surface area (Å²) in [5.41, 5.74) is 0.540. The van der Waals surface area contributed by atoms with Crippen molar-refractivity contribution >= 4 is 29.2 Å². The molecular formula is C22H21Cl2NO3. The van der Waals surface area contributed by atoms with Crippen LogP contribution in [0, 0.1) is 23.2 Å². The summed E-state index contributed by atoms with van der Waals surface area (Å²) in [7, 11) is 0. The van der Waals surface area contributed by atoms with Crippen LogP contribution < -0.4 is 4.74 Å². The third-order valence-corrected chi connectivity index (χ3v) is 4.51. The van der Waals surface area contributed by atoms with Gasteiger partial charge < -0.3 is 9.47 Å². The number of ether oxygens (including phenoxy) is 2. The number of esters is 1. The number of halogens is 2. The van der Waals surface area contributed by atoms with Crippen molar-refractivity contribution in [3.05, 3.63) is 70.7 Å². The predicted molar refractivity (Wildman–Crippen MR) is 110 cm³/mol. The monoisotopic (exact) mass is 417 g/mol. The van der Waals surface area contributed by atoms with Gasteiger partial charge in [0.1, 0.15) is 22.1 Å². The summed E-state index contributed by atoms with van der Waals surface area (Å²) in [6.07, 6.45) is 1.09. The molecule has 0 radical (unpaired) electrons. The molecule has 0 amide bonds. The number of rotatable bonds is 8. The van der Waals surface area contributed by atoms with Gasteiger partial charge in [-0.25, -0.2) is 0 Å². The van der Waals surface area contributed by atoms with Gasteiger partial charge in [-0.1, -0.05) is 73.5 Å². The van der Waals surface area contributed by atoms with Gasteiger partial charge in [0.05, 0.1) is 5.92 Å². The Balaban J connectivity index is 2.14. The summed E-state index contributed by atoms with van der Waals surface area (Å²) >= 11 is 11.4. The summed E-state index contributed by atoms with van der Waals surface area (Å²) in [5, 5.41) is 9.53. The number of nitrogens with zero attached hydrogens (tertiary/aromatic N) is 1. The highest BCUT2D eigenvalue weighted by molar-refractivity contribution is 6.55. The van der Waals surface area contributed by atoms with Crippen LogP contribution >= 0.6 is 23.2 Å². The van der Waals surface area contributed by atoms with E-state index in [4.69, 9.17) is 32.7 Å². The zero-order chi connectivity index (χ0) is 20.5. The molecule has 0 saturated heterocycles. The Labute approximate surface area is 175 Å². The largest absolute Gasteiger partial charge is 0.457 e. The normalized spacial score (nSPS) is 13.5. The minimum Gasteiger partial charge on any atom is -0.457 e. The molecule has 2 aromatic rings. The summed E-state index contributed by atoms with van der Waals surface area (Å²) in [6.45, 7) is 3.70. The van der Waals surface area contributed by atoms with E-state index >= 15 is 0 Å². The van der Waals surface area contributed by atoms with Gasteiger partial charge >= 0.3 is 5.97 Å². The molecular weight excluding hydrogens is 397 g/mol. The van der Waals surface area contributed by atoms with Crippen LogP contribution in [0.25, 0.3) is 0 Å². The summed E-state index contributed by atoms with van der Waals surface area (Å²) in [4.78, 5) is 12.6. The smallest absolute Gasteiger partial charge is 0.311 e. The molecule has 0 spiro atoms. The zero-order valence-corrected chi connectivity index (χ0v) is 17.2. The molecule has 0 heterocycles. The highest BCUT2D eigenvalue weighted by Gasteiger charge is 2.27. The first-order valence-corrected chi connectivity index (χ1v) is 9.66. The molecule has 146 valence electrons. The fraction of sp³-hybridized carbons (Fsp3) is 0.273. The molecule has 0 fully saturated rings. The third-order valence-electron chi connectivity index (χ3n) is 4.26. The van der Waals surface area contributed by atoms with E-state index in [0.29, 0.717) is 23.5 Å². The van der Waals surface area contributed by atoms with Gasteiger partial charge in [-0.05, 0) is 36.6 Å². The maximum absolute atomic E-state index is 12.6. The highest BCUT2D eigenvalue weighted by Crippen LogP contribution is 2.28. The molecule has 2 aromatic carbocycles. The molecule has 0 bridgehead atoms. The van der Waals surface area contributed by atoms with Crippen LogP contribution in [-0.2, 0) is 9.53 Å². The van der Waals surface area contributed by atoms with Crippen molar-refractivity contribution < 1.29 is 14.3 Å². The van der Waals surface area contributed by atoms with E-state index in [1.54, 1.807) is 30.3 Å². The van der Waals surface area contributed by atoms with Crippen LogP contribution in [0.2, 0.25) is 0 Å². The standard InChI is InChI=1S/C22H21Cl2NO3/c1-3-19(15(2)12-21(23)24)22(26)28-20(14-25)16-8-7-11-18(13-16)27-17-9-5-4-6-10-17/h4-13,15,19-20H,3H2,1-2H3/t15-,19-,20+/m0/s1. The lowest BCUT2D eigenvalue weighted by Gasteiger charge is -2.21. The molecule has 0 aliphatic rings. The van der Waals surface area contributed by atoms with Gasteiger partial charge in [-0.3, -0.25) is 4.79 Å². The molecule has 0 aliphatic carbocycles. The topological polar surface area (TPSA) is 59.3 Å². The molecule has 0 aromatic heterocycles. The minimum atomic E-state index is -1.04. The average Bonchev–Trinajstić information content (AvgIpc) is 2.67. The molecule has 2 rings (SSSR count). The first-order valence-electron chi connectivity index (χ1n) is 8.90. The number of benzene rings is 2. The second-order valence-corrected chi connectivity index (χ2v) is 7.27. The quantitative estimate of drug-likeness (QED) is 0.455. The van der Waals surface area contributed by atoms with Crippen molar-refractivity contribution in [3.8, 4) is 17.6 Å². The molecule has 4 nitrogen and oxygen atoms in total. The molecule has 3 atom stereocenters. The predicted octanol–water partition coefficient (Wildman–Crippen LogP) is 6.57. The van der Waals surface area contributed by atoms with Gasteiger partial charge in [-0.15, -0.1) is 0 Å². The van der Waals surface area contributed by atoms with E-state index in [0.717, 1.165) is 0 Å². The van der Waals surface area contributed by atoms with Crippen molar-refractivity contribution in [1.29, 1.82) is 5.26 Å². The maximum Gasteiger partial charge on any atom is 0.311 e. The molecule has 0 unspecified atom stereocenters. The number of para-hydroxylation sites is 1. The molecule has 0 aliphatic heterocycles. The van der Waals surface area contributed by atoms with E-state index in [9.17, 15) is 10.1 Å². The van der Waals surface area contributed by atoms with Crippen LogP contribution in [0.4, 0.5) is 0 Å². The zero-order valence-electron chi connectivity index (χ0n) is 15.6. The fourth-order valence-corrected chi connectivity index (χ4v) is 3.20. The highest BCUT2D eigenvalue weighted by atomic mass is 35.5. The van der Waals surface area contributed by atoms with E-state index < -0.39 is 18.0 Å². The number of allylic oxidation sites excluding steroid dienone is 1. The van der Waals surface area contributed by atoms with Crippen molar-refractivity contribution in [2.24, 2.45) is 11.8 Å². The van der Waals surface area contributed by atoms with Crippen molar-refractivity contribution in [2.75, 3.05) is 0 Å². The Morgan fingerprint density at radius 1 is 1.14 bits per heavy atom. The van der Waals surface area contributed by atoms with Crippen molar-refractivity contribution in [1.82, 2.24) is 0 Å².